The number of carbonyl (C=O) groups is 1. The molecule has 1 unspecified atom stereocenters. The Morgan fingerprint density at radius 3 is 2.38 bits per heavy atom. The third-order valence-corrected chi connectivity index (χ3v) is 2.08. The Hall–Kier alpha value is -0.650. The van der Waals surface area contributed by atoms with E-state index in [9.17, 15) is 4.79 Å². The highest BCUT2D eigenvalue weighted by Gasteiger charge is 2.27. The summed E-state index contributed by atoms with van der Waals surface area (Å²) in [5.41, 5.74) is 4.32. The van der Waals surface area contributed by atoms with Crippen LogP contribution in [0.2, 0.25) is 0 Å². The molecular weight excluding hydrogens is 210 g/mol. The Balaban J connectivity index is 3.37. The van der Waals surface area contributed by atoms with E-state index in [1.54, 1.807) is 0 Å². The van der Waals surface area contributed by atoms with E-state index in [2.05, 4.69) is 13.8 Å². The molecule has 1 atom stereocenters. The van der Waals surface area contributed by atoms with E-state index in [-0.39, 0.29) is 0 Å². The number of aliphatic carboxylic acids is 1. The van der Waals surface area contributed by atoms with Gasteiger partial charge in [0, 0.05) is 13.2 Å². The van der Waals surface area contributed by atoms with Crippen LogP contribution >= 0.6 is 0 Å². The summed E-state index contributed by atoms with van der Waals surface area (Å²) in [7, 11) is 0. The summed E-state index contributed by atoms with van der Waals surface area (Å²) in [5, 5.41) is 8.74. The van der Waals surface area contributed by atoms with E-state index >= 15 is 0 Å². The first kappa shape index (κ1) is 15.3. The van der Waals surface area contributed by atoms with Gasteiger partial charge in [-0.3, -0.25) is 4.79 Å². The molecule has 0 fully saturated rings. The minimum absolute atomic E-state index is 0.298. The first-order chi connectivity index (χ1) is 7.36. The summed E-state index contributed by atoms with van der Waals surface area (Å²) >= 11 is 0. The van der Waals surface area contributed by atoms with Crippen LogP contribution in [0.25, 0.3) is 0 Å². The second-order valence-corrected chi connectivity index (χ2v) is 4.55. The van der Waals surface area contributed by atoms with E-state index in [0.29, 0.717) is 38.8 Å². The smallest absolute Gasteiger partial charge is 0.323 e. The van der Waals surface area contributed by atoms with Crippen LogP contribution < -0.4 is 5.73 Å². The molecule has 5 heteroatoms. The zero-order valence-corrected chi connectivity index (χ0v) is 10.4. The van der Waals surface area contributed by atoms with Crippen LogP contribution in [-0.4, -0.2) is 43.0 Å². The number of carboxylic acids is 1. The van der Waals surface area contributed by atoms with Gasteiger partial charge in [-0.25, -0.2) is 0 Å². The number of nitrogens with two attached hydrogens (primary N) is 1. The van der Waals surface area contributed by atoms with Gasteiger partial charge in [-0.2, -0.15) is 0 Å². The third-order valence-electron chi connectivity index (χ3n) is 2.08. The zero-order chi connectivity index (χ0) is 12.6. The lowest BCUT2D eigenvalue weighted by molar-refractivity contribution is -0.143. The standard InChI is InChI=1S/C11H23NO4/c1-9(2)8-16-7-6-15-5-4-11(3,12)10(13)14/h9H,4-8,12H2,1-3H3,(H,13,14). The topological polar surface area (TPSA) is 81.8 Å². The SMILES string of the molecule is CC(C)COCCOCCC(C)(N)C(=O)O. The predicted molar refractivity (Wildman–Crippen MR) is 61.3 cm³/mol. The fraction of sp³-hybridized carbons (Fsp3) is 0.909. The summed E-state index contributed by atoms with van der Waals surface area (Å²) in [6.45, 7) is 7.70. The molecule has 0 heterocycles. The maximum absolute atomic E-state index is 10.7. The van der Waals surface area contributed by atoms with E-state index in [4.69, 9.17) is 20.3 Å². The van der Waals surface area contributed by atoms with Crippen molar-refractivity contribution < 1.29 is 19.4 Å². The van der Waals surface area contributed by atoms with Crippen LogP contribution in [0, 0.1) is 5.92 Å². The molecular formula is C11H23NO4. The number of ether oxygens (including phenoxy) is 2. The highest BCUT2D eigenvalue weighted by molar-refractivity contribution is 5.77. The Kier molecular flexibility index (Phi) is 7.29. The van der Waals surface area contributed by atoms with E-state index in [1.807, 2.05) is 0 Å². The van der Waals surface area contributed by atoms with Gasteiger partial charge in [0.25, 0.3) is 0 Å². The Morgan fingerprint density at radius 1 is 1.31 bits per heavy atom. The van der Waals surface area contributed by atoms with Gasteiger partial charge in [-0.05, 0) is 19.3 Å². The Morgan fingerprint density at radius 2 is 1.88 bits per heavy atom. The molecule has 0 bridgehead atoms. The van der Waals surface area contributed by atoms with E-state index in [0.717, 1.165) is 0 Å². The summed E-state index contributed by atoms with van der Waals surface area (Å²) < 4.78 is 10.5. The molecule has 0 saturated heterocycles. The van der Waals surface area contributed by atoms with Crippen molar-refractivity contribution in [2.24, 2.45) is 11.7 Å². The third kappa shape index (κ3) is 7.62. The van der Waals surface area contributed by atoms with Gasteiger partial charge in [0.05, 0.1) is 13.2 Å². The summed E-state index contributed by atoms with van der Waals surface area (Å²) in [5.74, 6) is -0.494. The van der Waals surface area contributed by atoms with Crippen LogP contribution in [0.4, 0.5) is 0 Å². The Labute approximate surface area is 96.9 Å². The van der Waals surface area contributed by atoms with Crippen molar-refractivity contribution in [2.75, 3.05) is 26.4 Å². The van der Waals surface area contributed by atoms with Crippen molar-refractivity contribution in [1.29, 1.82) is 0 Å². The van der Waals surface area contributed by atoms with Gasteiger partial charge in [-0.1, -0.05) is 13.8 Å². The van der Waals surface area contributed by atoms with Crippen LogP contribution in [0.1, 0.15) is 27.2 Å². The minimum Gasteiger partial charge on any atom is -0.480 e. The lowest BCUT2D eigenvalue weighted by Crippen LogP contribution is -2.45. The van der Waals surface area contributed by atoms with Crippen LogP contribution in [0.5, 0.6) is 0 Å². The largest absolute Gasteiger partial charge is 0.480 e. The minimum atomic E-state index is -1.21. The van der Waals surface area contributed by atoms with Crippen molar-refractivity contribution >= 4 is 5.97 Å². The maximum atomic E-state index is 10.7. The van der Waals surface area contributed by atoms with Crippen LogP contribution in [-0.2, 0) is 14.3 Å². The van der Waals surface area contributed by atoms with Crippen LogP contribution in [0.3, 0.4) is 0 Å². The molecule has 0 aliphatic carbocycles. The highest BCUT2D eigenvalue weighted by Crippen LogP contribution is 2.05. The number of hydrogen-bond donors (Lipinski definition) is 2. The first-order valence-corrected chi connectivity index (χ1v) is 5.54. The molecule has 0 saturated carbocycles. The normalized spacial score (nSPS) is 15.1. The number of rotatable bonds is 9. The molecule has 16 heavy (non-hydrogen) atoms. The molecule has 0 radical (unpaired) electrons. The summed E-state index contributed by atoms with van der Waals surface area (Å²) in [6, 6.07) is 0. The molecule has 3 N–H and O–H groups in total. The zero-order valence-electron chi connectivity index (χ0n) is 10.4. The molecule has 0 rings (SSSR count). The van der Waals surface area contributed by atoms with Crippen molar-refractivity contribution in [2.45, 2.75) is 32.7 Å². The van der Waals surface area contributed by atoms with Crippen molar-refractivity contribution in [3.05, 3.63) is 0 Å². The van der Waals surface area contributed by atoms with Crippen LogP contribution in [0.15, 0.2) is 0 Å². The molecule has 96 valence electrons. The maximum Gasteiger partial charge on any atom is 0.323 e. The van der Waals surface area contributed by atoms with Crippen molar-refractivity contribution in [3.63, 3.8) is 0 Å². The van der Waals surface area contributed by atoms with Gasteiger partial charge < -0.3 is 20.3 Å². The molecule has 0 aromatic carbocycles. The lowest BCUT2D eigenvalue weighted by Gasteiger charge is -2.18. The summed E-state index contributed by atoms with van der Waals surface area (Å²) in [6.07, 6.45) is 0.298. The molecule has 0 amide bonds. The molecule has 0 aromatic rings. The van der Waals surface area contributed by atoms with Gasteiger partial charge in [0.1, 0.15) is 5.54 Å². The van der Waals surface area contributed by atoms with Crippen molar-refractivity contribution in [1.82, 2.24) is 0 Å². The van der Waals surface area contributed by atoms with Gasteiger partial charge >= 0.3 is 5.97 Å². The van der Waals surface area contributed by atoms with Crippen molar-refractivity contribution in [3.8, 4) is 0 Å². The number of hydrogen-bond acceptors (Lipinski definition) is 4. The molecule has 5 nitrogen and oxygen atoms in total. The second-order valence-electron chi connectivity index (χ2n) is 4.55. The molecule has 0 aliphatic rings. The fourth-order valence-electron chi connectivity index (χ4n) is 0.930. The molecule has 0 spiro atoms. The van der Waals surface area contributed by atoms with E-state index < -0.39 is 11.5 Å². The fourth-order valence-corrected chi connectivity index (χ4v) is 0.930. The first-order valence-electron chi connectivity index (χ1n) is 5.54. The van der Waals surface area contributed by atoms with E-state index in [1.165, 1.54) is 6.92 Å². The monoisotopic (exact) mass is 233 g/mol. The average Bonchev–Trinajstić information content (AvgIpc) is 2.15. The molecule has 0 aliphatic heterocycles. The van der Waals surface area contributed by atoms with Gasteiger partial charge in [0.2, 0.25) is 0 Å². The second kappa shape index (κ2) is 7.60. The highest BCUT2D eigenvalue weighted by atomic mass is 16.5. The summed E-state index contributed by atoms with van der Waals surface area (Å²) in [4.78, 5) is 10.7. The quantitative estimate of drug-likeness (QED) is 0.577. The molecule has 0 aromatic heterocycles. The average molecular weight is 233 g/mol. The Bertz CT molecular complexity index is 204. The lowest BCUT2D eigenvalue weighted by atomic mass is 10.0. The predicted octanol–water partition coefficient (Wildman–Crippen LogP) is 0.868. The van der Waals surface area contributed by atoms with Gasteiger partial charge in [-0.15, -0.1) is 0 Å². The number of carboxylic acid groups (broad SMARTS) is 1. The van der Waals surface area contributed by atoms with Gasteiger partial charge in [0.15, 0.2) is 0 Å².